The highest BCUT2D eigenvalue weighted by Gasteiger charge is 2.15. The summed E-state index contributed by atoms with van der Waals surface area (Å²) in [6, 6.07) is 3.51. The van der Waals surface area contributed by atoms with Crippen LogP contribution in [0.1, 0.15) is 22.0 Å². The lowest BCUT2D eigenvalue weighted by Crippen LogP contribution is -2.12. The van der Waals surface area contributed by atoms with E-state index in [4.69, 9.17) is 17.3 Å². The molecule has 96 valence electrons. The van der Waals surface area contributed by atoms with Gasteiger partial charge in [-0.15, -0.1) is 11.3 Å². The fourth-order valence-electron chi connectivity index (χ4n) is 1.71. The highest BCUT2D eigenvalue weighted by Crippen LogP contribution is 2.32. The van der Waals surface area contributed by atoms with Gasteiger partial charge in [-0.25, -0.2) is 8.78 Å². The molecule has 0 saturated carbocycles. The maximum atomic E-state index is 13.1. The van der Waals surface area contributed by atoms with Gasteiger partial charge in [0.15, 0.2) is 11.6 Å². The molecule has 0 fully saturated rings. The molecule has 0 aliphatic rings. The molecule has 0 spiro atoms. The van der Waals surface area contributed by atoms with Gasteiger partial charge < -0.3 is 5.73 Å². The SMILES string of the molecule is Cc1csc(C(N)Cc2ccc(F)c(F)c2)c1Cl. The molecule has 1 aromatic carbocycles. The third-order valence-corrected chi connectivity index (χ3v) is 4.55. The fourth-order valence-corrected chi connectivity index (χ4v) is 3.05. The van der Waals surface area contributed by atoms with Crippen molar-refractivity contribution in [2.24, 2.45) is 5.73 Å². The van der Waals surface area contributed by atoms with Crippen LogP contribution < -0.4 is 5.73 Å². The van der Waals surface area contributed by atoms with E-state index in [1.807, 2.05) is 12.3 Å². The second kappa shape index (κ2) is 5.34. The van der Waals surface area contributed by atoms with Crippen LogP contribution in [-0.4, -0.2) is 0 Å². The van der Waals surface area contributed by atoms with Crippen LogP contribution in [0.2, 0.25) is 5.02 Å². The van der Waals surface area contributed by atoms with Crippen molar-refractivity contribution in [3.05, 3.63) is 56.2 Å². The first-order valence-corrected chi connectivity index (χ1v) is 6.67. The summed E-state index contributed by atoms with van der Waals surface area (Å²) in [7, 11) is 0. The van der Waals surface area contributed by atoms with Crippen molar-refractivity contribution < 1.29 is 8.78 Å². The highest BCUT2D eigenvalue weighted by atomic mass is 35.5. The molecule has 5 heteroatoms. The highest BCUT2D eigenvalue weighted by molar-refractivity contribution is 7.10. The number of nitrogens with two attached hydrogens (primary N) is 1. The second-order valence-electron chi connectivity index (χ2n) is 4.16. The Bertz CT molecular complexity index is 568. The van der Waals surface area contributed by atoms with Crippen LogP contribution in [0.15, 0.2) is 23.6 Å². The summed E-state index contributed by atoms with van der Waals surface area (Å²) in [5.74, 6) is -1.70. The van der Waals surface area contributed by atoms with Gasteiger partial charge >= 0.3 is 0 Å². The molecule has 1 heterocycles. The second-order valence-corrected chi connectivity index (χ2v) is 5.45. The Hall–Kier alpha value is -0.970. The van der Waals surface area contributed by atoms with Gasteiger partial charge in [0.1, 0.15) is 0 Å². The van der Waals surface area contributed by atoms with Gasteiger partial charge in [-0.2, -0.15) is 0 Å². The van der Waals surface area contributed by atoms with Gasteiger partial charge in [-0.05, 0) is 42.0 Å². The first-order chi connectivity index (χ1) is 8.49. The summed E-state index contributed by atoms with van der Waals surface area (Å²) in [6.07, 6.45) is 0.427. The number of benzene rings is 1. The van der Waals surface area contributed by atoms with Crippen LogP contribution in [0.4, 0.5) is 8.78 Å². The lowest BCUT2D eigenvalue weighted by Gasteiger charge is -2.11. The Kier molecular flexibility index (Phi) is 4.00. The molecule has 0 amide bonds. The van der Waals surface area contributed by atoms with E-state index in [1.54, 1.807) is 0 Å². The van der Waals surface area contributed by atoms with Crippen LogP contribution in [0.5, 0.6) is 0 Å². The quantitative estimate of drug-likeness (QED) is 0.898. The lowest BCUT2D eigenvalue weighted by atomic mass is 10.0. The van der Waals surface area contributed by atoms with Gasteiger partial charge in [0, 0.05) is 10.9 Å². The fraction of sp³-hybridized carbons (Fsp3) is 0.231. The van der Waals surface area contributed by atoms with Gasteiger partial charge in [0.25, 0.3) is 0 Å². The van der Waals surface area contributed by atoms with Gasteiger partial charge in [0.05, 0.1) is 5.02 Å². The molecule has 2 N–H and O–H groups in total. The molecule has 0 radical (unpaired) electrons. The zero-order chi connectivity index (χ0) is 13.3. The van der Waals surface area contributed by atoms with E-state index in [0.717, 1.165) is 16.5 Å². The zero-order valence-electron chi connectivity index (χ0n) is 9.71. The standard InChI is InChI=1S/C13H12ClF2NS/c1-7-6-18-13(12(7)14)11(17)5-8-2-3-9(15)10(16)4-8/h2-4,6,11H,5,17H2,1H3. The van der Waals surface area contributed by atoms with E-state index in [9.17, 15) is 8.78 Å². The smallest absolute Gasteiger partial charge is 0.159 e. The van der Waals surface area contributed by atoms with Crippen molar-refractivity contribution in [3.63, 3.8) is 0 Å². The van der Waals surface area contributed by atoms with Crippen molar-refractivity contribution in [1.82, 2.24) is 0 Å². The van der Waals surface area contributed by atoms with E-state index in [-0.39, 0.29) is 6.04 Å². The molecule has 1 atom stereocenters. The molecule has 0 aliphatic carbocycles. The minimum Gasteiger partial charge on any atom is -0.323 e. The van der Waals surface area contributed by atoms with E-state index in [0.29, 0.717) is 17.0 Å². The summed E-state index contributed by atoms with van der Waals surface area (Å²) < 4.78 is 25.9. The molecular weight excluding hydrogens is 276 g/mol. The Balaban J connectivity index is 2.18. The van der Waals surface area contributed by atoms with Crippen molar-refractivity contribution in [2.45, 2.75) is 19.4 Å². The first-order valence-electron chi connectivity index (χ1n) is 5.42. The van der Waals surface area contributed by atoms with E-state index < -0.39 is 11.6 Å². The van der Waals surface area contributed by atoms with Crippen LogP contribution >= 0.6 is 22.9 Å². The number of halogens is 3. The minimum absolute atomic E-state index is 0.305. The summed E-state index contributed by atoms with van der Waals surface area (Å²) >= 11 is 7.61. The van der Waals surface area contributed by atoms with Crippen molar-refractivity contribution in [2.75, 3.05) is 0 Å². The Labute approximate surface area is 113 Å². The average Bonchev–Trinajstić information content (AvgIpc) is 2.65. The van der Waals surface area contributed by atoms with Crippen molar-refractivity contribution in [1.29, 1.82) is 0 Å². The minimum atomic E-state index is -0.854. The topological polar surface area (TPSA) is 26.0 Å². The van der Waals surface area contributed by atoms with Crippen LogP contribution in [-0.2, 0) is 6.42 Å². The summed E-state index contributed by atoms with van der Waals surface area (Å²) in [6.45, 7) is 1.91. The summed E-state index contributed by atoms with van der Waals surface area (Å²) in [5, 5.41) is 2.60. The molecular formula is C13H12ClF2NS. The lowest BCUT2D eigenvalue weighted by molar-refractivity contribution is 0.506. The van der Waals surface area contributed by atoms with Crippen LogP contribution in [0.3, 0.4) is 0 Å². The normalized spacial score (nSPS) is 12.7. The average molecular weight is 288 g/mol. The van der Waals surface area contributed by atoms with E-state index >= 15 is 0 Å². The third kappa shape index (κ3) is 2.71. The first kappa shape index (κ1) is 13.5. The number of hydrogen-bond acceptors (Lipinski definition) is 2. The monoisotopic (exact) mass is 287 g/mol. The third-order valence-electron chi connectivity index (χ3n) is 2.70. The molecule has 2 aromatic rings. The molecule has 1 aromatic heterocycles. The Morgan fingerprint density at radius 1 is 1.33 bits per heavy atom. The van der Waals surface area contributed by atoms with Crippen LogP contribution in [0.25, 0.3) is 0 Å². The van der Waals surface area contributed by atoms with Gasteiger partial charge in [0.2, 0.25) is 0 Å². The number of rotatable bonds is 3. The van der Waals surface area contributed by atoms with Crippen LogP contribution in [0, 0.1) is 18.6 Å². The molecule has 0 bridgehead atoms. The molecule has 18 heavy (non-hydrogen) atoms. The molecule has 0 saturated heterocycles. The summed E-state index contributed by atoms with van der Waals surface area (Å²) in [4.78, 5) is 0.874. The van der Waals surface area contributed by atoms with E-state index in [1.165, 1.54) is 23.5 Å². The molecule has 1 nitrogen and oxygen atoms in total. The van der Waals surface area contributed by atoms with Crippen molar-refractivity contribution in [3.8, 4) is 0 Å². The number of aryl methyl sites for hydroxylation is 1. The maximum absolute atomic E-state index is 13.1. The maximum Gasteiger partial charge on any atom is 0.159 e. The van der Waals surface area contributed by atoms with E-state index in [2.05, 4.69) is 0 Å². The number of hydrogen-bond donors (Lipinski definition) is 1. The predicted molar refractivity (Wildman–Crippen MR) is 71.1 cm³/mol. The Morgan fingerprint density at radius 3 is 2.61 bits per heavy atom. The predicted octanol–water partition coefficient (Wildman–Crippen LogP) is 4.23. The Morgan fingerprint density at radius 2 is 2.06 bits per heavy atom. The number of thiophene rings is 1. The van der Waals surface area contributed by atoms with Gasteiger partial charge in [-0.3, -0.25) is 0 Å². The molecule has 1 unspecified atom stereocenters. The largest absolute Gasteiger partial charge is 0.323 e. The van der Waals surface area contributed by atoms with Gasteiger partial charge in [-0.1, -0.05) is 17.7 Å². The van der Waals surface area contributed by atoms with Crippen molar-refractivity contribution >= 4 is 22.9 Å². The molecule has 2 rings (SSSR count). The molecule has 0 aliphatic heterocycles. The summed E-state index contributed by atoms with van der Waals surface area (Å²) in [5.41, 5.74) is 7.68. The zero-order valence-corrected chi connectivity index (χ0v) is 11.3.